The number of benzene rings is 2. The molecular weight excluding hydrogens is 402 g/mol. The molecule has 0 bridgehead atoms. The van der Waals surface area contributed by atoms with Crippen LogP contribution in [-0.4, -0.2) is 36.3 Å². The molecule has 2 amide bonds. The molecule has 2 aromatic carbocycles. The number of carbonyl (C=O) groups is 2. The summed E-state index contributed by atoms with van der Waals surface area (Å²) in [6.45, 7) is 6.61. The van der Waals surface area contributed by atoms with Crippen LogP contribution in [-0.2, 0) is 17.8 Å². The number of amides is 2. The third kappa shape index (κ3) is 4.26. The molecule has 6 heteroatoms. The molecule has 1 aliphatic heterocycles. The number of anilines is 2. The van der Waals surface area contributed by atoms with Gasteiger partial charge in [-0.1, -0.05) is 30.3 Å². The van der Waals surface area contributed by atoms with Crippen LogP contribution in [0.3, 0.4) is 0 Å². The molecule has 0 radical (unpaired) electrons. The molecule has 166 valence electrons. The minimum Gasteiger partial charge on any atom is -0.467 e. The molecule has 0 saturated carbocycles. The summed E-state index contributed by atoms with van der Waals surface area (Å²) in [5.41, 5.74) is 5.86. The third-order valence-corrected chi connectivity index (χ3v) is 6.24. The highest BCUT2D eigenvalue weighted by atomic mass is 16.3. The van der Waals surface area contributed by atoms with E-state index in [9.17, 15) is 9.59 Å². The zero-order chi connectivity index (χ0) is 22.8. The van der Waals surface area contributed by atoms with Crippen LogP contribution in [0.25, 0.3) is 0 Å². The Bertz CT molecular complexity index is 1150. The fourth-order valence-electron chi connectivity index (χ4n) is 4.25. The van der Waals surface area contributed by atoms with Crippen LogP contribution in [0.2, 0.25) is 0 Å². The number of rotatable bonds is 6. The van der Waals surface area contributed by atoms with Gasteiger partial charge >= 0.3 is 0 Å². The molecule has 0 fully saturated rings. The minimum absolute atomic E-state index is 0.0419. The Labute approximate surface area is 188 Å². The van der Waals surface area contributed by atoms with Crippen molar-refractivity contribution in [1.29, 1.82) is 0 Å². The maximum atomic E-state index is 13.1. The molecule has 0 aliphatic carbocycles. The van der Waals surface area contributed by atoms with Crippen molar-refractivity contribution in [2.75, 3.05) is 23.8 Å². The van der Waals surface area contributed by atoms with Crippen LogP contribution in [0.4, 0.5) is 11.4 Å². The highest BCUT2D eigenvalue weighted by molar-refractivity contribution is 6.00. The van der Waals surface area contributed by atoms with Gasteiger partial charge in [0.2, 0.25) is 5.91 Å². The number of hydrogen-bond acceptors (Lipinski definition) is 4. The summed E-state index contributed by atoms with van der Waals surface area (Å²) >= 11 is 0. The van der Waals surface area contributed by atoms with Crippen LogP contribution in [0, 0.1) is 13.8 Å². The monoisotopic (exact) mass is 431 g/mol. The van der Waals surface area contributed by atoms with E-state index in [0.717, 1.165) is 23.2 Å². The van der Waals surface area contributed by atoms with Gasteiger partial charge in [-0.2, -0.15) is 0 Å². The molecule has 3 aromatic rings. The van der Waals surface area contributed by atoms with Gasteiger partial charge in [0.25, 0.3) is 5.91 Å². The van der Waals surface area contributed by atoms with Gasteiger partial charge in [0.15, 0.2) is 0 Å². The van der Waals surface area contributed by atoms with Gasteiger partial charge in [-0.05, 0) is 62.1 Å². The Morgan fingerprint density at radius 2 is 1.91 bits per heavy atom. The molecule has 0 saturated heterocycles. The number of para-hydroxylation sites is 1. The molecule has 1 aromatic heterocycles. The molecule has 1 unspecified atom stereocenters. The van der Waals surface area contributed by atoms with E-state index in [4.69, 9.17) is 4.42 Å². The molecule has 1 aliphatic rings. The van der Waals surface area contributed by atoms with Crippen molar-refractivity contribution in [3.05, 3.63) is 82.8 Å². The average Bonchev–Trinajstić information content (AvgIpc) is 3.35. The van der Waals surface area contributed by atoms with Crippen LogP contribution in [0.15, 0.2) is 59.2 Å². The number of nitrogens with zero attached hydrogens (tertiary/aromatic N) is 2. The van der Waals surface area contributed by atoms with Gasteiger partial charge in [-0.3, -0.25) is 9.59 Å². The van der Waals surface area contributed by atoms with Gasteiger partial charge in [0, 0.05) is 24.5 Å². The molecule has 4 rings (SSSR count). The number of hydrogen-bond donors (Lipinski definition) is 1. The maximum Gasteiger partial charge on any atom is 0.257 e. The lowest BCUT2D eigenvalue weighted by Gasteiger charge is -2.24. The first-order valence-corrected chi connectivity index (χ1v) is 10.9. The lowest BCUT2D eigenvalue weighted by atomic mass is 10.1. The first-order chi connectivity index (χ1) is 15.3. The first kappa shape index (κ1) is 21.7. The first-order valence-electron chi connectivity index (χ1n) is 10.9. The number of furan rings is 1. The minimum atomic E-state index is -0.235. The number of fused-ring (bicyclic) bond motifs is 1. The van der Waals surface area contributed by atoms with Gasteiger partial charge in [0.1, 0.15) is 5.76 Å². The van der Waals surface area contributed by atoms with Crippen LogP contribution < -0.4 is 10.2 Å². The Hall–Kier alpha value is -3.54. The highest BCUT2D eigenvalue weighted by Crippen LogP contribution is 2.33. The standard InChI is InChI=1S/C26H29N3O3/c1-17-8-7-10-22(19(17)3)27-25(30)16-28(4)26(31)21-12-13-32-24(21)15-29-18(2)14-20-9-5-6-11-23(20)29/h5-13,18H,14-16H2,1-4H3,(H,27,30). The van der Waals surface area contributed by atoms with Crippen LogP contribution >= 0.6 is 0 Å². The summed E-state index contributed by atoms with van der Waals surface area (Å²) < 4.78 is 5.70. The van der Waals surface area contributed by atoms with Gasteiger partial charge in [0.05, 0.1) is 24.9 Å². The number of nitrogens with one attached hydrogen (secondary N) is 1. The Balaban J connectivity index is 1.44. The Kier molecular flexibility index (Phi) is 6.04. The molecular formula is C26H29N3O3. The summed E-state index contributed by atoms with van der Waals surface area (Å²) in [7, 11) is 1.63. The largest absolute Gasteiger partial charge is 0.467 e. The van der Waals surface area contributed by atoms with Crippen molar-refractivity contribution in [3.63, 3.8) is 0 Å². The number of aryl methyl sites for hydroxylation is 1. The van der Waals surface area contributed by atoms with Crippen LogP contribution in [0.1, 0.15) is 39.7 Å². The Morgan fingerprint density at radius 1 is 1.12 bits per heavy atom. The summed E-state index contributed by atoms with van der Waals surface area (Å²) in [5, 5.41) is 2.91. The van der Waals surface area contributed by atoms with Crippen molar-refractivity contribution in [3.8, 4) is 0 Å². The molecule has 1 N–H and O–H groups in total. The fourth-order valence-corrected chi connectivity index (χ4v) is 4.25. The van der Waals surface area contributed by atoms with Crippen molar-refractivity contribution < 1.29 is 14.0 Å². The van der Waals surface area contributed by atoms with E-state index in [1.165, 1.54) is 16.2 Å². The van der Waals surface area contributed by atoms with Gasteiger partial charge in [-0.15, -0.1) is 0 Å². The summed E-state index contributed by atoms with van der Waals surface area (Å²) in [5.74, 6) is 0.145. The normalized spacial score (nSPS) is 14.9. The highest BCUT2D eigenvalue weighted by Gasteiger charge is 2.28. The summed E-state index contributed by atoms with van der Waals surface area (Å²) in [4.78, 5) is 29.4. The number of carbonyl (C=O) groups excluding carboxylic acids is 2. The second-order valence-electron chi connectivity index (χ2n) is 8.52. The lowest BCUT2D eigenvalue weighted by molar-refractivity contribution is -0.116. The van der Waals surface area contributed by atoms with E-state index >= 15 is 0 Å². The molecule has 1 atom stereocenters. The van der Waals surface area contributed by atoms with E-state index in [1.807, 2.05) is 38.1 Å². The lowest BCUT2D eigenvalue weighted by Crippen LogP contribution is -2.36. The Morgan fingerprint density at radius 3 is 2.72 bits per heavy atom. The van der Waals surface area contributed by atoms with E-state index in [0.29, 0.717) is 23.9 Å². The van der Waals surface area contributed by atoms with Gasteiger partial charge < -0.3 is 19.5 Å². The van der Waals surface area contributed by atoms with E-state index in [1.54, 1.807) is 19.4 Å². The maximum absolute atomic E-state index is 13.1. The van der Waals surface area contributed by atoms with E-state index in [2.05, 4.69) is 35.3 Å². The van der Waals surface area contributed by atoms with Crippen molar-refractivity contribution in [1.82, 2.24) is 4.90 Å². The van der Waals surface area contributed by atoms with E-state index in [-0.39, 0.29) is 18.4 Å². The quantitative estimate of drug-likeness (QED) is 0.621. The van der Waals surface area contributed by atoms with Crippen molar-refractivity contribution in [2.45, 2.75) is 39.8 Å². The van der Waals surface area contributed by atoms with Crippen molar-refractivity contribution >= 4 is 23.2 Å². The summed E-state index contributed by atoms with van der Waals surface area (Å²) in [6, 6.07) is 16.1. The third-order valence-electron chi connectivity index (χ3n) is 6.24. The van der Waals surface area contributed by atoms with E-state index < -0.39 is 0 Å². The second-order valence-corrected chi connectivity index (χ2v) is 8.52. The SMILES string of the molecule is Cc1cccc(NC(=O)CN(C)C(=O)c2ccoc2CN2c3ccccc3CC2C)c1C. The predicted molar refractivity (Wildman–Crippen MR) is 126 cm³/mol. The predicted octanol–water partition coefficient (Wildman–Crippen LogP) is 4.56. The topological polar surface area (TPSA) is 65.8 Å². The average molecular weight is 432 g/mol. The molecule has 32 heavy (non-hydrogen) atoms. The molecule has 0 spiro atoms. The van der Waals surface area contributed by atoms with Crippen LogP contribution in [0.5, 0.6) is 0 Å². The zero-order valence-corrected chi connectivity index (χ0v) is 19.0. The molecule has 2 heterocycles. The van der Waals surface area contributed by atoms with Gasteiger partial charge in [-0.25, -0.2) is 0 Å². The summed E-state index contributed by atoms with van der Waals surface area (Å²) in [6.07, 6.45) is 2.51. The van der Waals surface area contributed by atoms with Crippen molar-refractivity contribution in [2.24, 2.45) is 0 Å². The molecule has 6 nitrogen and oxygen atoms in total. The second kappa shape index (κ2) is 8.91. The fraction of sp³-hybridized carbons (Fsp3) is 0.308. The zero-order valence-electron chi connectivity index (χ0n) is 19.0. The number of likely N-dealkylation sites (N-methyl/N-ethyl adjacent to an activating group) is 1. The smallest absolute Gasteiger partial charge is 0.257 e.